The van der Waals surface area contributed by atoms with E-state index in [9.17, 15) is 110 Å². The van der Waals surface area contributed by atoms with Gasteiger partial charge in [0, 0.05) is 23.3 Å². The number of hydrogen-bond donors (Lipinski definition) is 0. The maximum atomic E-state index is 14.2. The number of nitrogens with zero attached hydrogens (tertiary/aromatic N) is 1. The largest absolute Gasteiger partial charge is 0.416 e. The van der Waals surface area contributed by atoms with Crippen LogP contribution in [-0.4, -0.2) is 11.9 Å². The Hall–Kier alpha value is -6.70. The lowest BCUT2D eigenvalue weighted by atomic mass is 9.12. The van der Waals surface area contributed by atoms with Gasteiger partial charge in [0.15, 0.2) is 24.7 Å². The smallest absolute Gasteiger partial charge is 0.294 e. The van der Waals surface area contributed by atoms with Crippen molar-refractivity contribution >= 4 is 33.8 Å². The standard InChI is InChI=1S/C32H12BF24.C14H14NO/c34-25(35,36)13-1-14(26(37,38)39)6-21(5-13)33(22-7-15(27(40,41)42)2-16(8-22)28(43,44)45,23-9-17(29(46,47)48)3-18(10-23)30(49,50)51)24-11-19(31(52,53)54)4-20(12-24)32(55,56)57;1-12(16)14-8-4-3-7-13(14)11-15-9-5-2-6-10-15/h1-12H;2-10H,11H2,1H3/q-1;+1. The fourth-order valence-corrected chi connectivity index (χ4v) is 7.81. The van der Waals surface area contributed by atoms with E-state index in [4.69, 9.17) is 0 Å². The van der Waals surface area contributed by atoms with Crippen LogP contribution >= 0.6 is 0 Å². The minimum atomic E-state index is -6.13. The Bertz CT molecular complexity index is 2520. The van der Waals surface area contributed by atoms with Gasteiger partial charge in [-0.15, -0.1) is 0 Å². The zero-order valence-electron chi connectivity index (χ0n) is 35.8. The highest BCUT2D eigenvalue weighted by atomic mass is 19.4. The summed E-state index contributed by atoms with van der Waals surface area (Å²) >= 11 is 0. The van der Waals surface area contributed by atoms with Crippen molar-refractivity contribution in [3.63, 3.8) is 0 Å². The summed E-state index contributed by atoms with van der Waals surface area (Å²) < 4.78 is 343. The highest BCUT2D eigenvalue weighted by Gasteiger charge is 2.47. The summed E-state index contributed by atoms with van der Waals surface area (Å²) in [5, 5.41) is 0. The van der Waals surface area contributed by atoms with E-state index in [1.807, 2.05) is 54.9 Å². The number of hydrogen-bond acceptors (Lipinski definition) is 1. The molecule has 0 N–H and O–H groups in total. The molecule has 392 valence electrons. The molecule has 0 atom stereocenters. The van der Waals surface area contributed by atoms with E-state index < -0.39 is 195 Å². The minimum Gasteiger partial charge on any atom is -0.294 e. The van der Waals surface area contributed by atoms with Crippen molar-refractivity contribution in [2.75, 3.05) is 0 Å². The fourth-order valence-electron chi connectivity index (χ4n) is 7.81. The molecule has 0 spiro atoms. The Kier molecular flexibility index (Phi) is 15.4. The maximum absolute atomic E-state index is 14.2. The molecule has 0 fully saturated rings. The molecule has 0 amide bonds. The summed E-state index contributed by atoms with van der Waals surface area (Å²) in [5.41, 5.74) is -28.3. The van der Waals surface area contributed by atoms with Crippen LogP contribution < -0.4 is 26.4 Å². The number of halogens is 24. The molecule has 5 aromatic carbocycles. The Balaban J connectivity index is 0.000000520. The van der Waals surface area contributed by atoms with Gasteiger partial charge in [0.2, 0.25) is 0 Å². The van der Waals surface area contributed by atoms with Crippen molar-refractivity contribution in [1.29, 1.82) is 0 Å². The lowest BCUT2D eigenvalue weighted by molar-refractivity contribution is -0.688. The first-order valence-corrected chi connectivity index (χ1v) is 19.9. The molecule has 27 heteroatoms. The number of ketones is 1. The number of alkyl halides is 24. The maximum Gasteiger partial charge on any atom is 0.416 e. The number of benzene rings is 5. The molecule has 0 unspecified atom stereocenters. The molecular formula is C46H26BF24NO. The fraction of sp³-hybridized carbons (Fsp3) is 0.217. The lowest BCUT2D eigenvalue weighted by Gasteiger charge is -2.46. The number of aromatic nitrogens is 1. The summed E-state index contributed by atoms with van der Waals surface area (Å²) in [4.78, 5) is 11.4. The van der Waals surface area contributed by atoms with Crippen LogP contribution in [-0.2, 0) is 56.0 Å². The predicted molar refractivity (Wildman–Crippen MR) is 212 cm³/mol. The summed E-state index contributed by atoms with van der Waals surface area (Å²) in [6.45, 7) is 2.34. The first-order valence-electron chi connectivity index (χ1n) is 19.9. The third-order valence-electron chi connectivity index (χ3n) is 11.0. The summed E-state index contributed by atoms with van der Waals surface area (Å²) in [6.07, 6.45) is -50.8. The van der Waals surface area contributed by atoms with Gasteiger partial charge in [-0.3, -0.25) is 4.79 Å². The van der Waals surface area contributed by atoms with Gasteiger partial charge in [-0.1, -0.05) is 78.9 Å². The van der Waals surface area contributed by atoms with Gasteiger partial charge in [0.25, 0.3) is 0 Å². The van der Waals surface area contributed by atoms with Crippen LogP contribution in [0.2, 0.25) is 0 Å². The predicted octanol–water partition coefficient (Wildman–Crippen LogP) is 13.4. The third kappa shape index (κ3) is 13.3. The zero-order chi connectivity index (χ0) is 55.3. The molecule has 6 aromatic rings. The van der Waals surface area contributed by atoms with Gasteiger partial charge in [-0.05, 0) is 31.2 Å². The molecule has 0 radical (unpaired) electrons. The van der Waals surface area contributed by atoms with Crippen LogP contribution in [0.1, 0.15) is 67.4 Å². The van der Waals surface area contributed by atoms with Crippen LogP contribution in [0.4, 0.5) is 105 Å². The second kappa shape index (κ2) is 19.6. The summed E-state index contributed by atoms with van der Waals surface area (Å²) in [7, 11) is 0. The van der Waals surface area contributed by atoms with Gasteiger partial charge >= 0.3 is 49.4 Å². The first-order chi connectivity index (χ1) is 33.0. The Morgan fingerprint density at radius 1 is 0.356 bits per heavy atom. The average Bonchev–Trinajstić information content (AvgIpc) is 3.24. The van der Waals surface area contributed by atoms with Crippen molar-refractivity contribution in [2.24, 2.45) is 0 Å². The summed E-state index contributed by atoms with van der Waals surface area (Å²) in [6, 6.07) is 4.87. The van der Waals surface area contributed by atoms with Gasteiger partial charge in [-0.25, -0.2) is 4.57 Å². The highest BCUT2D eigenvalue weighted by Crippen LogP contribution is 2.41. The van der Waals surface area contributed by atoms with Crippen molar-refractivity contribution in [1.82, 2.24) is 0 Å². The topological polar surface area (TPSA) is 20.9 Å². The van der Waals surface area contributed by atoms with Crippen LogP contribution in [0, 0.1) is 0 Å². The molecule has 0 aliphatic rings. The number of rotatable bonds is 7. The van der Waals surface area contributed by atoms with E-state index in [0.717, 1.165) is 17.7 Å². The number of pyridine rings is 1. The van der Waals surface area contributed by atoms with E-state index >= 15 is 0 Å². The SMILES string of the molecule is CC(=O)c1ccccc1C[n+]1ccccc1.FC(F)(F)c1cc([B-](c2cc(C(F)(F)F)cc(C(F)(F)F)c2)(c2cc(C(F)(F)F)cc(C(F)(F)F)c2)c2cc(C(F)(F)F)cc(C(F)(F)F)c2)cc(C(F)(F)F)c1. The van der Waals surface area contributed by atoms with Crippen LogP contribution in [0.3, 0.4) is 0 Å². The quantitative estimate of drug-likeness (QED) is 0.0675. The highest BCUT2D eigenvalue weighted by molar-refractivity contribution is 7.20. The number of Topliss-reactive ketones (excluding diaryl/α,β-unsaturated/α-hetero) is 1. The molecule has 1 aromatic heterocycles. The minimum absolute atomic E-state index is 0.118. The van der Waals surface area contributed by atoms with Crippen LogP contribution in [0.5, 0.6) is 0 Å². The van der Waals surface area contributed by atoms with Gasteiger partial charge in [0.05, 0.1) is 44.5 Å². The molecular weight excluding hydrogens is 1050 g/mol. The van der Waals surface area contributed by atoms with Crippen molar-refractivity contribution < 1.29 is 115 Å². The molecule has 0 saturated heterocycles. The molecule has 0 bridgehead atoms. The van der Waals surface area contributed by atoms with E-state index in [0.29, 0.717) is 0 Å². The van der Waals surface area contributed by atoms with E-state index in [2.05, 4.69) is 4.57 Å². The molecule has 2 nitrogen and oxygen atoms in total. The van der Waals surface area contributed by atoms with Crippen molar-refractivity contribution in [3.05, 3.63) is 183 Å². The van der Waals surface area contributed by atoms with Crippen molar-refractivity contribution in [3.8, 4) is 0 Å². The van der Waals surface area contributed by atoms with E-state index in [1.165, 1.54) is 0 Å². The second-order valence-corrected chi connectivity index (χ2v) is 16.0. The average molecular weight is 1080 g/mol. The zero-order valence-corrected chi connectivity index (χ0v) is 35.8. The van der Waals surface area contributed by atoms with E-state index in [1.54, 1.807) is 6.92 Å². The Morgan fingerprint density at radius 2 is 0.589 bits per heavy atom. The van der Waals surface area contributed by atoms with Gasteiger partial charge < -0.3 is 0 Å². The summed E-state index contributed by atoms with van der Waals surface area (Å²) in [5.74, 6) is 0.118. The molecule has 6 rings (SSSR count). The number of carbonyl (C=O) groups is 1. The number of carbonyl (C=O) groups excluding carboxylic acids is 1. The Labute approximate surface area is 394 Å². The Morgan fingerprint density at radius 3 is 0.808 bits per heavy atom. The second-order valence-electron chi connectivity index (χ2n) is 16.0. The molecule has 1 heterocycles. The molecule has 0 aliphatic heterocycles. The molecule has 0 aliphatic carbocycles. The first kappa shape index (κ1) is 57.2. The monoisotopic (exact) mass is 1080 g/mol. The van der Waals surface area contributed by atoms with Gasteiger partial charge in [-0.2, -0.15) is 127 Å². The van der Waals surface area contributed by atoms with Crippen molar-refractivity contribution in [2.45, 2.75) is 62.9 Å². The van der Waals surface area contributed by atoms with Crippen LogP contribution in [0.15, 0.2) is 128 Å². The lowest BCUT2D eigenvalue weighted by Crippen LogP contribution is -2.75. The molecule has 73 heavy (non-hydrogen) atoms. The molecule has 0 saturated carbocycles. The van der Waals surface area contributed by atoms with Crippen LogP contribution in [0.25, 0.3) is 0 Å². The van der Waals surface area contributed by atoms with E-state index in [-0.39, 0.29) is 5.78 Å². The third-order valence-corrected chi connectivity index (χ3v) is 11.0. The van der Waals surface area contributed by atoms with Gasteiger partial charge in [0.1, 0.15) is 6.15 Å². The normalized spacial score (nSPS) is 13.4.